The lowest BCUT2D eigenvalue weighted by Gasteiger charge is -2.35. The molecule has 0 saturated carbocycles. The van der Waals surface area contributed by atoms with Gasteiger partial charge in [0.1, 0.15) is 23.4 Å². The molecule has 0 aromatic heterocycles. The molecule has 1 aliphatic rings. The summed E-state index contributed by atoms with van der Waals surface area (Å²) >= 11 is 0. The van der Waals surface area contributed by atoms with Crippen molar-refractivity contribution in [2.24, 2.45) is 0 Å². The maximum atomic E-state index is 13.9. The van der Waals surface area contributed by atoms with Gasteiger partial charge in [0.2, 0.25) is 11.8 Å². The summed E-state index contributed by atoms with van der Waals surface area (Å²) in [5.41, 5.74) is 0.317. The third-order valence-corrected chi connectivity index (χ3v) is 5.36. The third kappa shape index (κ3) is 5.21. The molecule has 1 heterocycles. The summed E-state index contributed by atoms with van der Waals surface area (Å²) in [6, 6.07) is 12.1. The number of piperidine rings is 1. The first-order chi connectivity index (χ1) is 14.5. The molecule has 0 aliphatic carbocycles. The summed E-state index contributed by atoms with van der Waals surface area (Å²) in [6.45, 7) is 3.52. The van der Waals surface area contributed by atoms with Gasteiger partial charge in [-0.1, -0.05) is 43.3 Å². The van der Waals surface area contributed by atoms with Crippen LogP contribution in [0.1, 0.15) is 37.8 Å². The van der Waals surface area contributed by atoms with Crippen LogP contribution in [-0.2, 0) is 9.59 Å². The molecule has 2 aromatic carbocycles. The molecule has 30 heavy (non-hydrogen) atoms. The van der Waals surface area contributed by atoms with Crippen LogP contribution >= 0.6 is 0 Å². The van der Waals surface area contributed by atoms with E-state index < -0.39 is 29.3 Å². The fraction of sp³-hybridized carbons (Fsp3) is 0.391. The van der Waals surface area contributed by atoms with Crippen LogP contribution in [0.4, 0.5) is 14.5 Å². The van der Waals surface area contributed by atoms with E-state index >= 15 is 0 Å². The van der Waals surface area contributed by atoms with Crippen molar-refractivity contribution in [1.29, 1.82) is 0 Å². The number of nitrogens with one attached hydrogen (secondary N) is 1. The van der Waals surface area contributed by atoms with Gasteiger partial charge in [0, 0.05) is 13.1 Å². The molecule has 2 aromatic rings. The Kier molecular flexibility index (Phi) is 7.52. The summed E-state index contributed by atoms with van der Waals surface area (Å²) in [7, 11) is 0. The first-order valence-corrected chi connectivity index (χ1v) is 10.3. The fourth-order valence-corrected chi connectivity index (χ4v) is 3.80. The van der Waals surface area contributed by atoms with E-state index in [0.29, 0.717) is 19.6 Å². The number of amides is 2. The predicted octanol–water partition coefficient (Wildman–Crippen LogP) is 3.98. The number of benzene rings is 2. The molecule has 1 N–H and O–H groups in total. The topological polar surface area (TPSA) is 52.7 Å². The summed E-state index contributed by atoms with van der Waals surface area (Å²) in [6.07, 6.45) is 3.03. The van der Waals surface area contributed by atoms with Gasteiger partial charge in [-0.2, -0.15) is 0 Å². The van der Waals surface area contributed by atoms with Crippen molar-refractivity contribution in [3.63, 3.8) is 0 Å². The van der Waals surface area contributed by atoms with E-state index in [9.17, 15) is 18.4 Å². The Bertz CT molecular complexity index is 850. The highest BCUT2D eigenvalue weighted by Crippen LogP contribution is 2.25. The monoisotopic (exact) mass is 415 g/mol. The van der Waals surface area contributed by atoms with E-state index in [2.05, 4.69) is 5.32 Å². The molecule has 0 spiro atoms. The zero-order valence-electron chi connectivity index (χ0n) is 17.1. The Labute approximate surface area is 175 Å². The zero-order chi connectivity index (χ0) is 21.5. The van der Waals surface area contributed by atoms with Crippen LogP contribution in [-0.4, -0.2) is 47.8 Å². The number of hydrogen-bond donors (Lipinski definition) is 1. The van der Waals surface area contributed by atoms with Crippen molar-refractivity contribution in [3.8, 4) is 0 Å². The molecular formula is C23H27F2N3O2. The lowest BCUT2D eigenvalue weighted by molar-refractivity contribution is -0.138. The van der Waals surface area contributed by atoms with E-state index in [4.69, 9.17) is 0 Å². The zero-order valence-corrected chi connectivity index (χ0v) is 17.1. The molecule has 1 atom stereocenters. The van der Waals surface area contributed by atoms with Crippen molar-refractivity contribution >= 4 is 17.5 Å². The van der Waals surface area contributed by atoms with Crippen molar-refractivity contribution in [1.82, 2.24) is 9.80 Å². The van der Waals surface area contributed by atoms with E-state index in [1.54, 1.807) is 4.90 Å². The normalized spacial score (nSPS) is 15.1. The van der Waals surface area contributed by atoms with Gasteiger partial charge in [-0.15, -0.1) is 0 Å². The number of halogens is 2. The Hall–Kier alpha value is -2.80. The molecule has 2 amide bonds. The smallest absolute Gasteiger partial charge is 0.244 e. The molecule has 1 fully saturated rings. The van der Waals surface area contributed by atoms with E-state index in [0.717, 1.165) is 37.0 Å². The second kappa shape index (κ2) is 10.3. The number of likely N-dealkylation sites (N-methyl/N-ethyl adjacent to an activating group) is 1. The average molecular weight is 415 g/mol. The van der Waals surface area contributed by atoms with Crippen LogP contribution in [0.5, 0.6) is 0 Å². The molecule has 3 rings (SSSR count). The molecular weight excluding hydrogens is 388 g/mol. The van der Waals surface area contributed by atoms with Gasteiger partial charge in [0.05, 0.1) is 6.54 Å². The van der Waals surface area contributed by atoms with Crippen LogP contribution in [0.3, 0.4) is 0 Å². The van der Waals surface area contributed by atoms with E-state index in [-0.39, 0.29) is 12.5 Å². The second-order valence-corrected chi connectivity index (χ2v) is 7.41. The molecule has 1 aliphatic heterocycles. The minimum Gasteiger partial charge on any atom is -0.341 e. The highest BCUT2D eigenvalue weighted by Gasteiger charge is 2.32. The van der Waals surface area contributed by atoms with Gasteiger partial charge in [-0.25, -0.2) is 8.78 Å². The molecule has 1 saturated heterocycles. The number of nitrogens with zero attached hydrogens (tertiary/aromatic N) is 2. The van der Waals surface area contributed by atoms with Crippen molar-refractivity contribution in [3.05, 3.63) is 65.7 Å². The van der Waals surface area contributed by atoms with Crippen molar-refractivity contribution in [2.75, 3.05) is 31.5 Å². The second-order valence-electron chi connectivity index (χ2n) is 7.41. The minimum absolute atomic E-state index is 0.0485. The summed E-state index contributed by atoms with van der Waals surface area (Å²) < 4.78 is 27.8. The number of hydrogen-bond acceptors (Lipinski definition) is 3. The van der Waals surface area contributed by atoms with Crippen molar-refractivity contribution < 1.29 is 18.4 Å². The molecule has 7 heteroatoms. The third-order valence-electron chi connectivity index (χ3n) is 5.36. The summed E-state index contributed by atoms with van der Waals surface area (Å²) in [5.74, 6) is -2.30. The number of carbonyl (C=O) groups is 2. The molecule has 1 unspecified atom stereocenters. The minimum atomic E-state index is -0.838. The largest absolute Gasteiger partial charge is 0.341 e. The van der Waals surface area contributed by atoms with Crippen LogP contribution in [0.15, 0.2) is 48.5 Å². The average Bonchev–Trinajstić information content (AvgIpc) is 2.77. The first kappa shape index (κ1) is 21.9. The maximum absolute atomic E-state index is 13.9. The number of rotatable bonds is 7. The van der Waals surface area contributed by atoms with Gasteiger partial charge in [0.25, 0.3) is 0 Å². The Morgan fingerprint density at radius 1 is 1.00 bits per heavy atom. The number of anilines is 1. The Morgan fingerprint density at radius 2 is 1.63 bits per heavy atom. The number of para-hydroxylation sites is 1. The highest BCUT2D eigenvalue weighted by molar-refractivity contribution is 5.93. The molecule has 0 bridgehead atoms. The van der Waals surface area contributed by atoms with Crippen LogP contribution in [0, 0.1) is 11.6 Å². The van der Waals surface area contributed by atoms with Crippen molar-refractivity contribution in [2.45, 2.75) is 32.2 Å². The quantitative estimate of drug-likeness (QED) is 0.744. The van der Waals surface area contributed by atoms with Gasteiger partial charge in [0.15, 0.2) is 0 Å². The summed E-state index contributed by atoms with van der Waals surface area (Å²) in [4.78, 5) is 29.6. The molecule has 5 nitrogen and oxygen atoms in total. The van der Waals surface area contributed by atoms with Gasteiger partial charge >= 0.3 is 0 Å². The first-order valence-electron chi connectivity index (χ1n) is 10.3. The van der Waals surface area contributed by atoms with Gasteiger partial charge in [-0.3, -0.25) is 14.5 Å². The highest BCUT2D eigenvalue weighted by atomic mass is 19.1. The van der Waals surface area contributed by atoms with E-state index in [1.165, 1.54) is 6.07 Å². The predicted molar refractivity (Wildman–Crippen MR) is 112 cm³/mol. The van der Waals surface area contributed by atoms with Gasteiger partial charge < -0.3 is 10.2 Å². The number of likely N-dealkylation sites (tertiary alicyclic amines) is 1. The van der Waals surface area contributed by atoms with Gasteiger partial charge in [-0.05, 0) is 43.5 Å². The lowest BCUT2D eigenvalue weighted by atomic mass is 10.0. The lowest BCUT2D eigenvalue weighted by Crippen LogP contribution is -2.47. The molecule has 160 valence electrons. The SMILES string of the molecule is CCN(CC(=O)Nc1c(F)cccc1F)C(C(=O)N1CCCCC1)c1ccccc1. The van der Waals surface area contributed by atoms with Crippen LogP contribution < -0.4 is 5.32 Å². The van der Waals surface area contributed by atoms with Crippen LogP contribution in [0.25, 0.3) is 0 Å². The summed E-state index contributed by atoms with van der Waals surface area (Å²) in [5, 5.41) is 2.31. The maximum Gasteiger partial charge on any atom is 0.244 e. The Morgan fingerprint density at radius 3 is 2.23 bits per heavy atom. The van der Waals surface area contributed by atoms with E-state index in [1.807, 2.05) is 42.2 Å². The fourth-order valence-electron chi connectivity index (χ4n) is 3.80. The van der Waals surface area contributed by atoms with Crippen LogP contribution in [0.2, 0.25) is 0 Å². The Balaban J connectivity index is 1.81. The molecule has 0 radical (unpaired) electrons. The standard InChI is InChI=1S/C23H27F2N3O2/c1-2-27(16-20(29)26-21-18(24)12-9-13-19(21)25)22(17-10-5-3-6-11-17)23(30)28-14-7-4-8-15-28/h3,5-6,9-13,22H,2,4,7-8,14-16H2,1H3,(H,26,29). The number of carbonyl (C=O) groups excluding carboxylic acids is 2.